The molecule has 3 N–H and O–H groups in total. The Kier molecular flexibility index (Phi) is 10.6. The third kappa shape index (κ3) is 9.48. The van der Waals surface area contributed by atoms with Crippen LogP contribution in [-0.4, -0.2) is 88.1 Å². The van der Waals surface area contributed by atoms with Crippen LogP contribution in [0.15, 0.2) is 0 Å². The van der Waals surface area contributed by atoms with Crippen molar-refractivity contribution in [2.24, 2.45) is 5.92 Å². The summed E-state index contributed by atoms with van der Waals surface area (Å²) in [6.45, 7) is 1.60. The molecule has 0 aromatic rings. The van der Waals surface area contributed by atoms with Crippen LogP contribution < -0.4 is 0 Å². The summed E-state index contributed by atoms with van der Waals surface area (Å²) in [5, 5.41) is 27.6. The van der Waals surface area contributed by atoms with Crippen molar-refractivity contribution in [3.8, 4) is 0 Å². The van der Waals surface area contributed by atoms with E-state index >= 15 is 0 Å². The zero-order valence-corrected chi connectivity index (χ0v) is 15.6. The molecule has 2 unspecified atom stereocenters. The summed E-state index contributed by atoms with van der Waals surface area (Å²) in [4.78, 5) is 48.0. The van der Waals surface area contributed by atoms with Crippen LogP contribution in [0.4, 0.5) is 0 Å². The lowest BCUT2D eigenvalue weighted by molar-refractivity contribution is -0.145. The highest BCUT2D eigenvalue weighted by Gasteiger charge is 2.26. The molecule has 9 heteroatoms. The number of nitrogens with zero attached hydrogens (tertiary/aromatic N) is 2. The summed E-state index contributed by atoms with van der Waals surface area (Å²) in [5.74, 6) is -2.83. The van der Waals surface area contributed by atoms with Gasteiger partial charge in [-0.15, -0.1) is 0 Å². The van der Waals surface area contributed by atoms with Crippen LogP contribution in [0.5, 0.6) is 0 Å². The van der Waals surface area contributed by atoms with Crippen molar-refractivity contribution >= 4 is 24.2 Å². The molecule has 9 nitrogen and oxygen atoms in total. The molecule has 1 fully saturated rings. The molecule has 0 aromatic heterocycles. The summed E-state index contributed by atoms with van der Waals surface area (Å²) in [6.07, 6.45) is 4.23. The normalized spacial score (nSPS) is 22.1. The Balaban J connectivity index is 2.86. The molecule has 0 saturated carbocycles. The van der Waals surface area contributed by atoms with Gasteiger partial charge in [-0.05, 0) is 44.7 Å². The summed E-state index contributed by atoms with van der Waals surface area (Å²) in [5.41, 5.74) is 0. The predicted molar refractivity (Wildman–Crippen MR) is 96.6 cm³/mol. The van der Waals surface area contributed by atoms with Gasteiger partial charge in [-0.25, -0.2) is 0 Å². The lowest BCUT2D eigenvalue weighted by Gasteiger charge is -2.31. The molecule has 1 heterocycles. The van der Waals surface area contributed by atoms with Gasteiger partial charge in [-0.3, -0.25) is 24.2 Å². The standard InChI is InChI=1S/C18H30N2O7/c21-11-6-15(18(26)27)20-8-2-1-4-14(12-16(22)23)5-3-7-19(9-10-20)13-17(24)25/h11,14-15H,1-10,12-13H2,(H,22,23)(H,24,25)(H,26,27). The average Bonchev–Trinajstić information content (AvgIpc) is 2.56. The highest BCUT2D eigenvalue weighted by molar-refractivity contribution is 5.77. The molecule has 1 saturated heterocycles. The molecular formula is C18H30N2O7. The summed E-state index contributed by atoms with van der Waals surface area (Å²) < 4.78 is 0. The number of hydrogen-bond acceptors (Lipinski definition) is 6. The Hall–Kier alpha value is -2.00. The number of aliphatic carboxylic acids is 3. The van der Waals surface area contributed by atoms with Crippen LogP contribution in [0, 0.1) is 5.92 Å². The fraction of sp³-hybridized carbons (Fsp3) is 0.778. The Morgan fingerprint density at radius 3 is 2.22 bits per heavy atom. The maximum atomic E-state index is 11.5. The molecule has 0 amide bonds. The first-order valence-electron chi connectivity index (χ1n) is 9.40. The summed E-state index contributed by atoms with van der Waals surface area (Å²) in [6, 6.07) is -0.924. The minimum Gasteiger partial charge on any atom is -0.481 e. The zero-order valence-electron chi connectivity index (χ0n) is 15.6. The first-order chi connectivity index (χ1) is 12.8. The van der Waals surface area contributed by atoms with E-state index in [4.69, 9.17) is 10.2 Å². The van der Waals surface area contributed by atoms with Gasteiger partial charge >= 0.3 is 17.9 Å². The fourth-order valence-corrected chi connectivity index (χ4v) is 3.60. The smallest absolute Gasteiger partial charge is 0.321 e. The SMILES string of the molecule is O=CCC(C(=O)O)N1CCCCC(CC(=O)O)CCCN(CC(=O)O)CC1. The molecule has 2 atom stereocenters. The largest absolute Gasteiger partial charge is 0.481 e. The number of aldehydes is 1. The van der Waals surface area contributed by atoms with Gasteiger partial charge in [0.05, 0.1) is 6.54 Å². The molecule has 0 bridgehead atoms. The van der Waals surface area contributed by atoms with Crippen molar-refractivity contribution < 1.29 is 34.5 Å². The van der Waals surface area contributed by atoms with Crippen LogP contribution in [0.3, 0.4) is 0 Å². The van der Waals surface area contributed by atoms with E-state index in [2.05, 4.69) is 0 Å². The number of carbonyl (C=O) groups excluding carboxylic acids is 1. The molecule has 154 valence electrons. The predicted octanol–water partition coefficient (Wildman–Crippen LogP) is 0.772. The van der Waals surface area contributed by atoms with E-state index in [1.54, 1.807) is 9.80 Å². The Labute approximate surface area is 158 Å². The summed E-state index contributed by atoms with van der Waals surface area (Å²) in [7, 11) is 0. The van der Waals surface area contributed by atoms with Gasteiger partial charge in [0, 0.05) is 25.9 Å². The molecule has 0 spiro atoms. The van der Waals surface area contributed by atoms with Gasteiger partial charge in [0.2, 0.25) is 0 Å². The third-order valence-corrected chi connectivity index (χ3v) is 4.97. The topological polar surface area (TPSA) is 135 Å². The van der Waals surface area contributed by atoms with Gasteiger partial charge in [0.25, 0.3) is 0 Å². The Morgan fingerprint density at radius 2 is 1.63 bits per heavy atom. The maximum absolute atomic E-state index is 11.5. The van der Waals surface area contributed by atoms with Gasteiger partial charge in [-0.2, -0.15) is 0 Å². The van der Waals surface area contributed by atoms with Gasteiger partial charge in [0.1, 0.15) is 12.3 Å². The van der Waals surface area contributed by atoms with Crippen molar-refractivity contribution in [3.05, 3.63) is 0 Å². The highest BCUT2D eigenvalue weighted by Crippen LogP contribution is 2.20. The van der Waals surface area contributed by atoms with E-state index in [0.29, 0.717) is 45.3 Å². The van der Waals surface area contributed by atoms with E-state index in [1.165, 1.54) is 0 Å². The molecule has 27 heavy (non-hydrogen) atoms. The monoisotopic (exact) mass is 386 g/mol. The number of carboxylic acids is 3. The van der Waals surface area contributed by atoms with E-state index in [1.807, 2.05) is 0 Å². The highest BCUT2D eigenvalue weighted by atomic mass is 16.4. The molecule has 1 rings (SSSR count). The number of rotatable bonds is 8. The Bertz CT molecular complexity index is 512. The van der Waals surface area contributed by atoms with Crippen LogP contribution in [0.25, 0.3) is 0 Å². The number of hydrogen-bond donors (Lipinski definition) is 3. The van der Waals surface area contributed by atoms with Crippen LogP contribution in [0.2, 0.25) is 0 Å². The first-order valence-corrected chi connectivity index (χ1v) is 9.40. The van der Waals surface area contributed by atoms with Crippen molar-refractivity contribution in [2.75, 3.05) is 32.7 Å². The number of carbonyl (C=O) groups is 4. The number of carboxylic acid groups (broad SMARTS) is 3. The fourth-order valence-electron chi connectivity index (χ4n) is 3.60. The molecule has 1 aliphatic rings. The molecular weight excluding hydrogens is 356 g/mol. The lowest BCUT2D eigenvalue weighted by atomic mass is 9.93. The maximum Gasteiger partial charge on any atom is 0.321 e. The van der Waals surface area contributed by atoms with Gasteiger partial charge in [-0.1, -0.05) is 6.42 Å². The van der Waals surface area contributed by atoms with Crippen molar-refractivity contribution in [2.45, 2.75) is 51.0 Å². The second-order valence-electron chi connectivity index (χ2n) is 7.06. The first kappa shape index (κ1) is 23.0. The van der Waals surface area contributed by atoms with Crippen molar-refractivity contribution in [1.82, 2.24) is 9.80 Å². The third-order valence-electron chi connectivity index (χ3n) is 4.97. The van der Waals surface area contributed by atoms with E-state index < -0.39 is 23.9 Å². The minimum atomic E-state index is -1.07. The van der Waals surface area contributed by atoms with Crippen molar-refractivity contribution in [1.29, 1.82) is 0 Å². The minimum absolute atomic E-state index is 0.0345. The van der Waals surface area contributed by atoms with Crippen LogP contribution in [0.1, 0.15) is 44.9 Å². The van der Waals surface area contributed by atoms with Crippen LogP contribution >= 0.6 is 0 Å². The summed E-state index contributed by atoms with van der Waals surface area (Å²) >= 11 is 0. The molecule has 0 aromatic carbocycles. The second-order valence-corrected chi connectivity index (χ2v) is 7.06. The zero-order chi connectivity index (χ0) is 20.2. The van der Waals surface area contributed by atoms with Crippen molar-refractivity contribution in [3.63, 3.8) is 0 Å². The molecule has 0 radical (unpaired) electrons. The molecule has 1 aliphatic heterocycles. The Morgan fingerprint density at radius 1 is 0.926 bits per heavy atom. The van der Waals surface area contributed by atoms with E-state index in [0.717, 1.165) is 19.3 Å². The second kappa shape index (κ2) is 12.4. The molecule has 0 aliphatic carbocycles. The van der Waals surface area contributed by atoms with Gasteiger partial charge in [0.15, 0.2) is 0 Å². The lowest BCUT2D eigenvalue weighted by Crippen LogP contribution is -2.46. The average molecular weight is 386 g/mol. The van der Waals surface area contributed by atoms with E-state index in [-0.39, 0.29) is 25.3 Å². The van der Waals surface area contributed by atoms with Crippen LogP contribution in [-0.2, 0) is 19.2 Å². The van der Waals surface area contributed by atoms with E-state index in [9.17, 15) is 24.3 Å². The quantitative estimate of drug-likeness (QED) is 0.517. The van der Waals surface area contributed by atoms with Gasteiger partial charge < -0.3 is 20.1 Å².